The Morgan fingerprint density at radius 1 is 1.41 bits per heavy atom. The summed E-state index contributed by atoms with van der Waals surface area (Å²) in [6, 6.07) is 6.98. The minimum atomic E-state index is -0.766. The van der Waals surface area contributed by atoms with E-state index in [1.807, 2.05) is 0 Å². The van der Waals surface area contributed by atoms with Gasteiger partial charge in [-0.3, -0.25) is 10.1 Å². The highest BCUT2D eigenvalue weighted by atomic mass is 16.6. The van der Waals surface area contributed by atoms with Gasteiger partial charge in [0.2, 0.25) is 6.54 Å². The largest absolute Gasteiger partial charge is 0.497 e. The van der Waals surface area contributed by atoms with Gasteiger partial charge in [-0.25, -0.2) is 0 Å². The first-order chi connectivity index (χ1) is 8.01. The third-order valence-corrected chi connectivity index (χ3v) is 2.80. The van der Waals surface area contributed by atoms with Crippen molar-refractivity contribution in [3.05, 3.63) is 39.9 Å². The molecule has 0 amide bonds. The number of methoxy groups -OCH3 is 1. The molecule has 5 heteroatoms. The molecule has 1 aromatic rings. The molecule has 0 fully saturated rings. The van der Waals surface area contributed by atoms with Crippen LogP contribution < -0.4 is 4.74 Å². The van der Waals surface area contributed by atoms with Crippen molar-refractivity contribution in [1.29, 1.82) is 0 Å². The van der Waals surface area contributed by atoms with E-state index in [1.165, 1.54) is 0 Å². The number of carbonyl (C=O) groups is 1. The summed E-state index contributed by atoms with van der Waals surface area (Å²) >= 11 is 0. The minimum Gasteiger partial charge on any atom is -0.497 e. The SMILES string of the molecule is COc1ccc([C@@](C)(CC=O)C[N+](=O)[O-])cc1. The van der Waals surface area contributed by atoms with Crippen molar-refractivity contribution in [3.63, 3.8) is 0 Å². The summed E-state index contributed by atoms with van der Waals surface area (Å²) in [5, 5.41) is 10.7. The van der Waals surface area contributed by atoms with Gasteiger partial charge in [-0.05, 0) is 24.6 Å². The van der Waals surface area contributed by atoms with E-state index in [2.05, 4.69) is 0 Å². The summed E-state index contributed by atoms with van der Waals surface area (Å²) in [7, 11) is 1.55. The number of benzene rings is 1. The predicted octanol–water partition coefficient (Wildman–Crippen LogP) is 1.82. The summed E-state index contributed by atoms with van der Waals surface area (Å²) in [5.74, 6) is 0.684. The number of aldehydes is 1. The van der Waals surface area contributed by atoms with Gasteiger partial charge in [0.05, 0.1) is 12.5 Å². The fourth-order valence-corrected chi connectivity index (χ4v) is 1.74. The molecule has 1 rings (SSSR count). The number of hydrogen-bond donors (Lipinski definition) is 0. The summed E-state index contributed by atoms with van der Waals surface area (Å²) in [6.07, 6.45) is 0.841. The van der Waals surface area contributed by atoms with E-state index >= 15 is 0 Å². The normalized spacial score (nSPS) is 13.8. The van der Waals surface area contributed by atoms with Crippen LogP contribution in [0.2, 0.25) is 0 Å². The fraction of sp³-hybridized carbons (Fsp3) is 0.417. The van der Waals surface area contributed by atoms with E-state index < -0.39 is 10.3 Å². The molecule has 0 saturated carbocycles. The lowest BCUT2D eigenvalue weighted by Crippen LogP contribution is -2.31. The van der Waals surface area contributed by atoms with Gasteiger partial charge in [-0.2, -0.15) is 0 Å². The number of hydrogen-bond acceptors (Lipinski definition) is 4. The highest BCUT2D eigenvalue weighted by Crippen LogP contribution is 2.28. The number of nitrogens with zero attached hydrogens (tertiary/aromatic N) is 1. The van der Waals surface area contributed by atoms with Crippen molar-refractivity contribution in [2.45, 2.75) is 18.8 Å². The Morgan fingerprint density at radius 3 is 2.41 bits per heavy atom. The van der Waals surface area contributed by atoms with Crippen LogP contribution in [0.25, 0.3) is 0 Å². The van der Waals surface area contributed by atoms with Gasteiger partial charge < -0.3 is 9.53 Å². The van der Waals surface area contributed by atoms with Crippen LogP contribution in [0.5, 0.6) is 5.75 Å². The van der Waals surface area contributed by atoms with Crippen molar-refractivity contribution in [3.8, 4) is 5.75 Å². The highest BCUT2D eigenvalue weighted by molar-refractivity contribution is 5.53. The van der Waals surface area contributed by atoms with Gasteiger partial charge in [-0.15, -0.1) is 0 Å². The molecule has 0 aliphatic rings. The maximum atomic E-state index is 10.7. The van der Waals surface area contributed by atoms with Gasteiger partial charge in [-0.1, -0.05) is 12.1 Å². The topological polar surface area (TPSA) is 69.4 Å². The zero-order valence-corrected chi connectivity index (χ0v) is 9.88. The second-order valence-corrected chi connectivity index (χ2v) is 4.15. The molecule has 0 N–H and O–H groups in total. The standard InChI is InChI=1S/C12H15NO4/c1-12(7-8-14,9-13(15)16)10-3-5-11(17-2)6-4-10/h3-6,8H,7,9H2,1-2H3/t12-/m0/s1. The second kappa shape index (κ2) is 5.43. The van der Waals surface area contributed by atoms with Crippen molar-refractivity contribution >= 4 is 6.29 Å². The lowest BCUT2D eigenvalue weighted by atomic mass is 9.80. The van der Waals surface area contributed by atoms with E-state index in [-0.39, 0.29) is 13.0 Å². The van der Waals surface area contributed by atoms with E-state index in [0.717, 1.165) is 5.56 Å². The maximum absolute atomic E-state index is 10.7. The molecular formula is C12H15NO4. The Kier molecular flexibility index (Phi) is 4.20. The Hall–Kier alpha value is -1.91. The molecule has 17 heavy (non-hydrogen) atoms. The van der Waals surface area contributed by atoms with Crippen molar-refractivity contribution in [2.75, 3.05) is 13.7 Å². The lowest BCUT2D eigenvalue weighted by molar-refractivity contribution is -0.490. The molecule has 0 radical (unpaired) electrons. The van der Waals surface area contributed by atoms with Crippen LogP contribution in [-0.2, 0) is 10.2 Å². The van der Waals surface area contributed by atoms with Gasteiger partial charge >= 0.3 is 0 Å². The van der Waals surface area contributed by atoms with Crippen molar-refractivity contribution in [2.24, 2.45) is 0 Å². The molecule has 1 atom stereocenters. The maximum Gasteiger partial charge on any atom is 0.213 e. The van der Waals surface area contributed by atoms with Crippen LogP contribution in [0.1, 0.15) is 18.9 Å². The van der Waals surface area contributed by atoms with E-state index in [1.54, 1.807) is 38.3 Å². The molecule has 0 unspecified atom stereocenters. The van der Waals surface area contributed by atoms with Gasteiger partial charge in [0.25, 0.3) is 0 Å². The van der Waals surface area contributed by atoms with Crippen LogP contribution in [0.4, 0.5) is 0 Å². The molecule has 0 aromatic heterocycles. The quantitative estimate of drug-likeness (QED) is 0.430. The molecular weight excluding hydrogens is 222 g/mol. The highest BCUT2D eigenvalue weighted by Gasteiger charge is 2.32. The number of ether oxygens (including phenoxy) is 1. The summed E-state index contributed by atoms with van der Waals surface area (Å²) in [5.41, 5.74) is -0.000514. The van der Waals surface area contributed by atoms with Gasteiger partial charge in [0, 0.05) is 11.3 Å². The predicted molar refractivity (Wildman–Crippen MR) is 62.9 cm³/mol. The fourth-order valence-electron chi connectivity index (χ4n) is 1.74. The smallest absolute Gasteiger partial charge is 0.213 e. The number of rotatable bonds is 6. The molecule has 0 bridgehead atoms. The van der Waals surface area contributed by atoms with Crippen LogP contribution >= 0.6 is 0 Å². The minimum absolute atomic E-state index is 0.125. The molecule has 92 valence electrons. The molecule has 0 spiro atoms. The van der Waals surface area contributed by atoms with E-state index in [0.29, 0.717) is 12.0 Å². The molecule has 1 aromatic carbocycles. The Labute approximate surface area is 99.5 Å². The van der Waals surface area contributed by atoms with Gasteiger partial charge in [0.1, 0.15) is 12.0 Å². The molecule has 5 nitrogen and oxygen atoms in total. The van der Waals surface area contributed by atoms with Crippen LogP contribution in [0.15, 0.2) is 24.3 Å². The zero-order chi connectivity index (χ0) is 12.9. The Morgan fingerprint density at radius 2 is 2.00 bits per heavy atom. The molecule has 0 heterocycles. The summed E-state index contributed by atoms with van der Waals surface area (Å²) < 4.78 is 5.02. The van der Waals surface area contributed by atoms with Crippen molar-refractivity contribution < 1.29 is 14.5 Å². The Balaban J connectivity index is 3.03. The zero-order valence-electron chi connectivity index (χ0n) is 9.88. The Bertz CT molecular complexity index is 401. The average molecular weight is 237 g/mol. The number of nitro groups is 1. The third kappa shape index (κ3) is 3.27. The van der Waals surface area contributed by atoms with Crippen LogP contribution in [0.3, 0.4) is 0 Å². The van der Waals surface area contributed by atoms with Crippen LogP contribution in [-0.4, -0.2) is 24.9 Å². The molecule has 0 aliphatic carbocycles. The first-order valence-corrected chi connectivity index (χ1v) is 5.22. The average Bonchev–Trinajstić information content (AvgIpc) is 2.28. The summed E-state index contributed by atoms with van der Waals surface area (Å²) in [4.78, 5) is 20.9. The second-order valence-electron chi connectivity index (χ2n) is 4.15. The lowest BCUT2D eigenvalue weighted by Gasteiger charge is -2.23. The first-order valence-electron chi connectivity index (χ1n) is 5.22. The molecule has 0 aliphatic heterocycles. The first kappa shape index (κ1) is 13.2. The molecule has 0 saturated heterocycles. The van der Waals surface area contributed by atoms with E-state index in [9.17, 15) is 14.9 Å². The van der Waals surface area contributed by atoms with Gasteiger partial charge in [0.15, 0.2) is 0 Å². The number of carbonyl (C=O) groups excluding carboxylic acids is 1. The third-order valence-electron chi connectivity index (χ3n) is 2.80. The van der Waals surface area contributed by atoms with Crippen LogP contribution in [0, 0.1) is 10.1 Å². The summed E-state index contributed by atoms with van der Waals surface area (Å²) in [6.45, 7) is 1.45. The van der Waals surface area contributed by atoms with E-state index in [4.69, 9.17) is 4.74 Å². The van der Waals surface area contributed by atoms with Crippen molar-refractivity contribution in [1.82, 2.24) is 0 Å². The monoisotopic (exact) mass is 237 g/mol.